The summed E-state index contributed by atoms with van der Waals surface area (Å²) in [5, 5.41) is 20.3. The van der Waals surface area contributed by atoms with Gasteiger partial charge in [-0.3, -0.25) is 4.90 Å². The molecule has 0 spiro atoms. The zero-order valence-electron chi connectivity index (χ0n) is 22.1. The Labute approximate surface area is 203 Å². The van der Waals surface area contributed by atoms with Crippen molar-refractivity contribution in [1.29, 1.82) is 0 Å². The van der Waals surface area contributed by atoms with Crippen LogP contribution < -0.4 is 9.47 Å². The van der Waals surface area contributed by atoms with E-state index in [9.17, 15) is 10.2 Å². The predicted molar refractivity (Wildman–Crippen MR) is 133 cm³/mol. The standard InChI is InChI=1S/C27H27NO4S/c29-20-6-4-19(5-7-20)27-26(24-13-8-21(30)18-25(24)33-27)32-23-11-9-22(10-12-23)31-17-16-28-14-2-1-3-15-28/h4-13,18,29-30H,1-3,14-17H2/i9D,10D,11D,12D. The van der Waals surface area contributed by atoms with Crippen molar-refractivity contribution >= 4 is 21.4 Å². The molecule has 0 aliphatic carbocycles. The predicted octanol–water partition coefficient (Wildman–Crippen LogP) is 6.64. The molecule has 5 rings (SSSR count). The lowest BCUT2D eigenvalue weighted by atomic mass is 10.1. The Morgan fingerprint density at radius 2 is 1.58 bits per heavy atom. The number of likely N-dealkylation sites (tertiary alicyclic amines) is 1. The van der Waals surface area contributed by atoms with Gasteiger partial charge < -0.3 is 19.7 Å². The van der Waals surface area contributed by atoms with Crippen LogP contribution >= 0.6 is 11.3 Å². The van der Waals surface area contributed by atoms with Crippen LogP contribution in [0.2, 0.25) is 0 Å². The van der Waals surface area contributed by atoms with Crippen molar-refractivity contribution in [2.45, 2.75) is 19.3 Å². The quantitative estimate of drug-likeness (QED) is 0.320. The van der Waals surface area contributed by atoms with Crippen molar-refractivity contribution in [3.63, 3.8) is 0 Å². The minimum Gasteiger partial charge on any atom is -0.508 e. The summed E-state index contributed by atoms with van der Waals surface area (Å²) >= 11 is 1.35. The molecule has 33 heavy (non-hydrogen) atoms. The number of phenols is 2. The first kappa shape index (κ1) is 17.3. The lowest BCUT2D eigenvalue weighted by molar-refractivity contribution is 0.183. The smallest absolute Gasteiger partial charge is 0.153 e. The van der Waals surface area contributed by atoms with Gasteiger partial charge in [-0.15, -0.1) is 11.3 Å². The van der Waals surface area contributed by atoms with Crippen molar-refractivity contribution in [1.82, 2.24) is 4.90 Å². The second kappa shape index (κ2) is 9.73. The number of benzene rings is 3. The van der Waals surface area contributed by atoms with Gasteiger partial charge in [0.2, 0.25) is 0 Å². The number of nitrogens with zero attached hydrogens (tertiary/aromatic N) is 1. The van der Waals surface area contributed by atoms with Crippen LogP contribution in [0.5, 0.6) is 28.7 Å². The van der Waals surface area contributed by atoms with Gasteiger partial charge >= 0.3 is 0 Å². The molecule has 0 atom stereocenters. The largest absolute Gasteiger partial charge is 0.508 e. The Morgan fingerprint density at radius 1 is 0.879 bits per heavy atom. The summed E-state index contributed by atoms with van der Waals surface area (Å²) in [6, 6.07) is 10.1. The van der Waals surface area contributed by atoms with E-state index in [4.69, 9.17) is 15.0 Å². The summed E-state index contributed by atoms with van der Waals surface area (Å²) in [4.78, 5) is 2.95. The summed E-state index contributed by atoms with van der Waals surface area (Å²) in [5.74, 6) is 0.267. The number of ether oxygens (including phenoxy) is 2. The molecule has 2 N–H and O–H groups in total. The highest BCUT2D eigenvalue weighted by atomic mass is 32.1. The molecule has 0 bridgehead atoms. The SMILES string of the molecule is [2H]c1c([2H])c(Oc2c(-c3ccc(O)cc3)sc3cc(O)ccc23)c([2H])c([2H])c1OCCN1CCCCC1. The maximum Gasteiger partial charge on any atom is 0.153 e. The average Bonchev–Trinajstić information content (AvgIpc) is 3.25. The van der Waals surface area contributed by atoms with E-state index in [1.807, 2.05) is 0 Å². The molecule has 170 valence electrons. The number of aromatic hydroxyl groups is 2. The zero-order chi connectivity index (χ0) is 26.1. The first-order chi connectivity index (χ1) is 17.8. The fourth-order valence-electron chi connectivity index (χ4n) is 3.94. The Hall–Kier alpha value is -3.22. The molecule has 6 heteroatoms. The summed E-state index contributed by atoms with van der Waals surface area (Å²) in [5.41, 5.74) is 0.737. The fraction of sp³-hybridized carbons (Fsp3) is 0.259. The van der Waals surface area contributed by atoms with Crippen LogP contribution in [0.15, 0.2) is 66.6 Å². The molecule has 4 aromatic rings. The molecule has 5 nitrogen and oxygen atoms in total. The maximum atomic E-state index is 9.98. The highest BCUT2D eigenvalue weighted by Crippen LogP contribution is 2.47. The topological polar surface area (TPSA) is 62.2 Å². The van der Waals surface area contributed by atoms with Crippen molar-refractivity contribution in [3.8, 4) is 39.2 Å². The first-order valence-corrected chi connectivity index (χ1v) is 11.8. The van der Waals surface area contributed by atoms with Crippen LogP contribution in [-0.4, -0.2) is 41.4 Å². The van der Waals surface area contributed by atoms with Crippen LogP contribution in [0.4, 0.5) is 0 Å². The van der Waals surface area contributed by atoms with Crippen molar-refractivity contribution in [3.05, 3.63) is 66.6 Å². The van der Waals surface area contributed by atoms with E-state index in [-0.39, 0.29) is 53.8 Å². The van der Waals surface area contributed by atoms with Gasteiger partial charge in [0.25, 0.3) is 0 Å². The fourth-order valence-corrected chi connectivity index (χ4v) is 5.11. The minimum atomic E-state index is -0.330. The van der Waals surface area contributed by atoms with Gasteiger partial charge in [0.05, 0.1) is 10.4 Å². The summed E-state index contributed by atoms with van der Waals surface area (Å²) < 4.78 is 46.8. The molecular formula is C27H27NO4S. The van der Waals surface area contributed by atoms with E-state index in [1.165, 1.54) is 23.8 Å². The third-order valence-electron chi connectivity index (χ3n) is 5.64. The zero-order valence-corrected chi connectivity index (χ0v) is 18.9. The van der Waals surface area contributed by atoms with E-state index in [0.29, 0.717) is 22.6 Å². The Morgan fingerprint density at radius 3 is 2.33 bits per heavy atom. The minimum absolute atomic E-state index is 0.0850. The van der Waals surface area contributed by atoms with Gasteiger partial charge in [-0.2, -0.15) is 0 Å². The van der Waals surface area contributed by atoms with Gasteiger partial charge in [-0.25, -0.2) is 0 Å². The average molecular weight is 466 g/mol. The number of fused-ring (bicyclic) bond motifs is 1. The van der Waals surface area contributed by atoms with Crippen molar-refractivity contribution in [2.24, 2.45) is 0 Å². The lowest BCUT2D eigenvalue weighted by Gasteiger charge is -2.26. The monoisotopic (exact) mass is 465 g/mol. The van der Waals surface area contributed by atoms with Gasteiger partial charge in [0, 0.05) is 16.6 Å². The molecule has 0 amide bonds. The molecule has 0 unspecified atom stereocenters. The Balaban J connectivity index is 1.49. The number of hydrogen-bond acceptors (Lipinski definition) is 6. The van der Waals surface area contributed by atoms with Gasteiger partial charge in [-0.1, -0.05) is 6.42 Å². The van der Waals surface area contributed by atoms with E-state index in [0.717, 1.165) is 36.2 Å². The van der Waals surface area contributed by atoms with Crippen molar-refractivity contribution < 1.29 is 25.2 Å². The van der Waals surface area contributed by atoms with E-state index < -0.39 is 0 Å². The van der Waals surface area contributed by atoms with Crippen LogP contribution in [0.3, 0.4) is 0 Å². The first-order valence-electron chi connectivity index (χ1n) is 13.0. The summed E-state index contributed by atoms with van der Waals surface area (Å²) in [6.07, 6.45) is 3.53. The number of hydrogen-bond donors (Lipinski definition) is 2. The van der Waals surface area contributed by atoms with Crippen LogP contribution in [0.25, 0.3) is 20.5 Å². The number of phenolic OH excluding ortho intramolecular Hbond substituents is 2. The molecule has 1 saturated heterocycles. The number of rotatable bonds is 7. The highest BCUT2D eigenvalue weighted by molar-refractivity contribution is 7.22. The number of thiophene rings is 1. The molecule has 1 aliphatic rings. The summed E-state index contributed by atoms with van der Waals surface area (Å²) in [6.45, 7) is 2.95. The maximum absolute atomic E-state index is 9.98. The molecule has 0 radical (unpaired) electrons. The second-order valence-electron chi connectivity index (χ2n) is 8.00. The van der Waals surface area contributed by atoms with Crippen molar-refractivity contribution in [2.75, 3.05) is 26.2 Å². The van der Waals surface area contributed by atoms with E-state index in [1.54, 1.807) is 36.4 Å². The molecule has 1 aliphatic heterocycles. The van der Waals surface area contributed by atoms with E-state index in [2.05, 4.69) is 4.90 Å². The third-order valence-corrected chi connectivity index (χ3v) is 6.83. The van der Waals surface area contributed by atoms with E-state index >= 15 is 0 Å². The number of piperidine rings is 1. The second-order valence-corrected chi connectivity index (χ2v) is 9.05. The molecular weight excluding hydrogens is 434 g/mol. The summed E-state index contributed by atoms with van der Waals surface area (Å²) in [7, 11) is 0. The van der Waals surface area contributed by atoms with Gasteiger partial charge in [-0.05, 0) is 98.1 Å². The molecule has 1 aromatic heterocycles. The van der Waals surface area contributed by atoms with Crippen LogP contribution in [0, 0.1) is 0 Å². The van der Waals surface area contributed by atoms with Crippen LogP contribution in [-0.2, 0) is 0 Å². The van der Waals surface area contributed by atoms with Gasteiger partial charge in [0.15, 0.2) is 5.75 Å². The third kappa shape index (κ3) is 5.07. The molecule has 3 aromatic carbocycles. The molecule has 2 heterocycles. The highest BCUT2D eigenvalue weighted by Gasteiger charge is 2.17. The Kier molecular flexibility index (Phi) is 5.09. The normalized spacial score (nSPS) is 16.1. The molecule has 0 saturated carbocycles. The van der Waals surface area contributed by atoms with Crippen LogP contribution in [0.1, 0.15) is 24.7 Å². The Bertz CT molecular complexity index is 1410. The van der Waals surface area contributed by atoms with Gasteiger partial charge in [0.1, 0.15) is 29.6 Å². The molecule has 1 fully saturated rings. The lowest BCUT2D eigenvalue weighted by Crippen LogP contribution is -2.33.